The third-order valence-corrected chi connectivity index (χ3v) is 4.43. The van der Waals surface area contributed by atoms with Gasteiger partial charge in [0.1, 0.15) is 0 Å². The molecule has 1 saturated heterocycles. The van der Waals surface area contributed by atoms with Gasteiger partial charge in [0.15, 0.2) is 0 Å². The molecule has 2 N–H and O–H groups in total. The first-order valence-electron chi connectivity index (χ1n) is 9.68. The first-order chi connectivity index (χ1) is 13.9. The van der Waals surface area contributed by atoms with Crippen molar-refractivity contribution >= 4 is 35.0 Å². The summed E-state index contributed by atoms with van der Waals surface area (Å²) in [5, 5.41) is 5.45. The van der Waals surface area contributed by atoms with Gasteiger partial charge in [-0.3, -0.25) is 14.9 Å². The van der Waals surface area contributed by atoms with Gasteiger partial charge in [-0.25, -0.2) is 4.79 Å². The van der Waals surface area contributed by atoms with Gasteiger partial charge in [-0.2, -0.15) is 0 Å². The Labute approximate surface area is 170 Å². The van der Waals surface area contributed by atoms with Gasteiger partial charge in [0.25, 0.3) is 5.91 Å². The van der Waals surface area contributed by atoms with Gasteiger partial charge in [0.05, 0.1) is 6.61 Å². The first-order valence-corrected chi connectivity index (χ1v) is 9.68. The van der Waals surface area contributed by atoms with Crippen molar-refractivity contribution in [2.75, 3.05) is 28.7 Å². The van der Waals surface area contributed by atoms with E-state index in [0.29, 0.717) is 36.5 Å². The number of amides is 3. The Morgan fingerprint density at radius 3 is 2.38 bits per heavy atom. The number of ether oxygens (including phenoxy) is 1. The van der Waals surface area contributed by atoms with Gasteiger partial charge in [0, 0.05) is 35.6 Å². The van der Waals surface area contributed by atoms with Crippen LogP contribution in [0.1, 0.15) is 37.0 Å². The highest BCUT2D eigenvalue weighted by atomic mass is 16.5. The van der Waals surface area contributed by atoms with E-state index in [0.717, 1.165) is 12.1 Å². The molecule has 2 aromatic carbocycles. The summed E-state index contributed by atoms with van der Waals surface area (Å²) in [6.45, 7) is 4.96. The Balaban J connectivity index is 1.60. The first kappa shape index (κ1) is 20.4. The lowest BCUT2D eigenvalue weighted by Crippen LogP contribution is -2.23. The van der Waals surface area contributed by atoms with E-state index in [1.165, 1.54) is 0 Å². The van der Waals surface area contributed by atoms with Crippen molar-refractivity contribution in [2.24, 2.45) is 5.92 Å². The van der Waals surface area contributed by atoms with Crippen LogP contribution in [0.3, 0.4) is 0 Å². The van der Waals surface area contributed by atoms with Crippen molar-refractivity contribution < 1.29 is 19.1 Å². The van der Waals surface area contributed by atoms with Crippen LogP contribution in [0.5, 0.6) is 0 Å². The maximum Gasteiger partial charge on any atom is 0.411 e. The Kier molecular flexibility index (Phi) is 6.49. The van der Waals surface area contributed by atoms with Gasteiger partial charge < -0.3 is 15.0 Å². The van der Waals surface area contributed by atoms with Crippen molar-refractivity contribution in [3.05, 3.63) is 54.1 Å². The smallest absolute Gasteiger partial charge is 0.411 e. The van der Waals surface area contributed by atoms with Crippen molar-refractivity contribution in [3.63, 3.8) is 0 Å². The van der Waals surface area contributed by atoms with E-state index in [2.05, 4.69) is 10.6 Å². The number of carbonyl (C=O) groups is 3. The maximum absolute atomic E-state index is 12.5. The summed E-state index contributed by atoms with van der Waals surface area (Å²) < 4.78 is 5.09. The zero-order chi connectivity index (χ0) is 20.8. The molecule has 3 amide bonds. The van der Waals surface area contributed by atoms with Crippen LogP contribution in [0, 0.1) is 5.92 Å². The van der Waals surface area contributed by atoms with Crippen LogP contribution in [0.2, 0.25) is 0 Å². The topological polar surface area (TPSA) is 87.7 Å². The lowest BCUT2D eigenvalue weighted by Gasteiger charge is -2.16. The number of nitrogens with one attached hydrogen (secondary N) is 2. The minimum atomic E-state index is -0.533. The number of anilines is 3. The molecule has 0 bridgehead atoms. The molecule has 2 aromatic rings. The number of rotatable bonds is 6. The summed E-state index contributed by atoms with van der Waals surface area (Å²) in [6.07, 6.45) is 0.892. The Hall–Kier alpha value is -3.35. The largest absolute Gasteiger partial charge is 0.449 e. The van der Waals surface area contributed by atoms with E-state index in [-0.39, 0.29) is 17.7 Å². The predicted molar refractivity (Wildman–Crippen MR) is 112 cm³/mol. The van der Waals surface area contributed by atoms with Crippen LogP contribution >= 0.6 is 0 Å². The average molecular weight is 395 g/mol. The van der Waals surface area contributed by atoms with E-state index in [1.807, 2.05) is 13.8 Å². The van der Waals surface area contributed by atoms with Crippen molar-refractivity contribution in [1.29, 1.82) is 0 Å². The number of hydrogen-bond donors (Lipinski definition) is 2. The van der Waals surface area contributed by atoms with Gasteiger partial charge in [-0.15, -0.1) is 0 Å². The zero-order valence-electron chi connectivity index (χ0n) is 16.6. The molecule has 0 unspecified atom stereocenters. The molecular formula is C22H25N3O4. The van der Waals surface area contributed by atoms with Crippen LogP contribution in [0.25, 0.3) is 0 Å². The molecule has 0 atom stereocenters. The van der Waals surface area contributed by atoms with Gasteiger partial charge in [-0.05, 0) is 54.8 Å². The van der Waals surface area contributed by atoms with Crippen LogP contribution in [-0.2, 0) is 9.53 Å². The molecule has 0 aliphatic carbocycles. The number of carbonyl (C=O) groups excluding carboxylic acids is 3. The molecule has 7 heteroatoms. The number of nitrogens with zero attached hydrogens (tertiary/aromatic N) is 1. The summed E-state index contributed by atoms with van der Waals surface area (Å²) in [5.41, 5.74) is 2.36. The monoisotopic (exact) mass is 395 g/mol. The molecule has 0 aromatic heterocycles. The van der Waals surface area contributed by atoms with Crippen LogP contribution in [0.15, 0.2) is 48.5 Å². The quantitative estimate of drug-likeness (QED) is 0.765. The highest BCUT2D eigenvalue weighted by Crippen LogP contribution is 2.22. The third kappa shape index (κ3) is 5.57. The molecule has 3 rings (SSSR count). The van der Waals surface area contributed by atoms with Crippen molar-refractivity contribution in [2.45, 2.75) is 26.7 Å². The molecule has 1 aliphatic rings. The van der Waals surface area contributed by atoms with E-state index in [9.17, 15) is 14.4 Å². The molecule has 7 nitrogen and oxygen atoms in total. The fourth-order valence-electron chi connectivity index (χ4n) is 2.99. The SMILES string of the molecule is CC(C)COC(=O)Nc1cccc(NC(=O)c2ccc(N3CCCC3=O)cc2)c1. The van der Waals surface area contributed by atoms with Crippen molar-refractivity contribution in [3.8, 4) is 0 Å². The van der Waals surface area contributed by atoms with E-state index >= 15 is 0 Å². The van der Waals surface area contributed by atoms with Gasteiger partial charge >= 0.3 is 6.09 Å². The molecule has 0 saturated carbocycles. The molecule has 0 radical (unpaired) electrons. The van der Waals surface area contributed by atoms with Gasteiger partial charge in [-0.1, -0.05) is 19.9 Å². The standard InChI is InChI=1S/C22H25N3O4/c1-15(2)14-29-22(28)24-18-6-3-5-17(13-18)23-21(27)16-8-10-19(11-9-16)25-12-4-7-20(25)26/h3,5-6,8-11,13,15H,4,7,12,14H2,1-2H3,(H,23,27)(H,24,28). The van der Waals surface area contributed by atoms with E-state index < -0.39 is 6.09 Å². The second-order valence-electron chi connectivity index (χ2n) is 7.35. The maximum atomic E-state index is 12.5. The molecular weight excluding hydrogens is 370 g/mol. The highest BCUT2D eigenvalue weighted by molar-refractivity contribution is 6.05. The second kappa shape index (κ2) is 9.23. The average Bonchev–Trinajstić information content (AvgIpc) is 3.12. The van der Waals surface area contributed by atoms with Crippen molar-refractivity contribution in [1.82, 2.24) is 0 Å². The fraction of sp³-hybridized carbons (Fsp3) is 0.318. The normalized spacial score (nSPS) is 13.5. The van der Waals surface area contributed by atoms with E-state index in [1.54, 1.807) is 53.4 Å². The number of benzene rings is 2. The summed E-state index contributed by atoms with van der Waals surface area (Å²) in [7, 11) is 0. The second-order valence-corrected chi connectivity index (χ2v) is 7.35. The summed E-state index contributed by atoms with van der Waals surface area (Å²) in [6, 6.07) is 13.8. The van der Waals surface area contributed by atoms with Gasteiger partial charge in [0.2, 0.25) is 5.91 Å². The molecule has 1 aliphatic heterocycles. The summed E-state index contributed by atoms with van der Waals surface area (Å²) in [5.74, 6) is 0.0867. The number of hydrogen-bond acceptors (Lipinski definition) is 4. The van der Waals surface area contributed by atoms with Crippen LogP contribution < -0.4 is 15.5 Å². The Bertz CT molecular complexity index is 893. The fourth-order valence-corrected chi connectivity index (χ4v) is 2.99. The molecule has 152 valence electrons. The molecule has 1 fully saturated rings. The highest BCUT2D eigenvalue weighted by Gasteiger charge is 2.21. The minimum absolute atomic E-state index is 0.110. The lowest BCUT2D eigenvalue weighted by atomic mass is 10.1. The zero-order valence-corrected chi connectivity index (χ0v) is 16.6. The van der Waals surface area contributed by atoms with E-state index in [4.69, 9.17) is 4.74 Å². The Morgan fingerprint density at radius 1 is 1.07 bits per heavy atom. The Morgan fingerprint density at radius 2 is 1.76 bits per heavy atom. The van der Waals surface area contributed by atoms with Crippen LogP contribution in [0.4, 0.5) is 21.9 Å². The molecule has 29 heavy (non-hydrogen) atoms. The predicted octanol–water partition coefficient (Wildman–Crippen LogP) is 4.27. The summed E-state index contributed by atoms with van der Waals surface area (Å²) >= 11 is 0. The molecule has 0 spiro atoms. The third-order valence-electron chi connectivity index (χ3n) is 4.43. The lowest BCUT2D eigenvalue weighted by molar-refractivity contribution is -0.117. The van der Waals surface area contributed by atoms with Crippen LogP contribution in [-0.4, -0.2) is 31.1 Å². The minimum Gasteiger partial charge on any atom is -0.449 e. The summed E-state index contributed by atoms with van der Waals surface area (Å²) in [4.78, 5) is 37.9. The molecule has 1 heterocycles.